The molecule has 0 fully saturated rings. The Morgan fingerprint density at radius 2 is 1.90 bits per heavy atom. The molecular weight excluding hydrogens is 410 g/mol. The van der Waals surface area contributed by atoms with Gasteiger partial charge < -0.3 is 5.32 Å². The number of carbonyl (C=O) groups is 1. The van der Waals surface area contributed by atoms with Crippen LogP contribution in [0.15, 0.2) is 69.6 Å². The van der Waals surface area contributed by atoms with Crippen LogP contribution >= 0.6 is 11.8 Å². The first-order chi connectivity index (χ1) is 14.9. The Labute approximate surface area is 184 Å². The Hall–Kier alpha value is -3.39. The maximum absolute atomic E-state index is 12.7. The average molecular weight is 434 g/mol. The third-order valence-electron chi connectivity index (χ3n) is 4.87. The van der Waals surface area contributed by atoms with E-state index in [0.29, 0.717) is 17.2 Å². The van der Waals surface area contributed by atoms with Gasteiger partial charge >= 0.3 is 5.69 Å². The summed E-state index contributed by atoms with van der Waals surface area (Å²) >= 11 is 1.45. The van der Waals surface area contributed by atoms with Gasteiger partial charge in [-0.25, -0.2) is 18.9 Å². The highest BCUT2D eigenvalue weighted by Gasteiger charge is 2.15. The van der Waals surface area contributed by atoms with Crippen molar-refractivity contribution in [1.29, 1.82) is 0 Å². The number of rotatable bonds is 6. The zero-order valence-electron chi connectivity index (χ0n) is 17.6. The van der Waals surface area contributed by atoms with Crippen LogP contribution in [0.1, 0.15) is 22.3 Å². The maximum atomic E-state index is 12.7. The molecule has 0 saturated carbocycles. The summed E-state index contributed by atoms with van der Waals surface area (Å²) in [5.74, 6) is -0.274. The SMILES string of the molecule is Cc1cccc(CNC(=O)Cn2nc3c(Sc4ccc(C)cc4C)nccn3c2=O)c1. The van der Waals surface area contributed by atoms with Crippen LogP contribution in [0.4, 0.5) is 0 Å². The van der Waals surface area contributed by atoms with E-state index in [1.54, 1.807) is 12.4 Å². The van der Waals surface area contributed by atoms with E-state index >= 15 is 0 Å². The first-order valence-corrected chi connectivity index (χ1v) is 10.7. The van der Waals surface area contributed by atoms with E-state index in [9.17, 15) is 9.59 Å². The Kier molecular flexibility index (Phi) is 5.90. The quantitative estimate of drug-likeness (QED) is 0.505. The van der Waals surface area contributed by atoms with Crippen molar-refractivity contribution in [3.8, 4) is 0 Å². The third kappa shape index (κ3) is 4.69. The lowest BCUT2D eigenvalue weighted by Gasteiger charge is -2.06. The fourth-order valence-corrected chi connectivity index (χ4v) is 4.24. The standard InChI is InChI=1S/C23H23N5O2S/c1-15-5-4-6-18(12-15)13-25-20(29)14-28-23(30)27-10-9-24-22(21(27)26-28)31-19-8-7-16(2)11-17(19)3/h4-12H,13-14H2,1-3H3,(H,25,29). The van der Waals surface area contributed by atoms with Crippen LogP contribution in [-0.4, -0.2) is 25.1 Å². The fraction of sp³-hybridized carbons (Fsp3) is 0.217. The predicted octanol–water partition coefficient (Wildman–Crippen LogP) is 3.28. The number of nitrogens with zero attached hydrogens (tertiary/aromatic N) is 4. The van der Waals surface area contributed by atoms with Crippen molar-refractivity contribution in [3.05, 3.63) is 87.6 Å². The highest BCUT2D eigenvalue weighted by atomic mass is 32.2. The predicted molar refractivity (Wildman–Crippen MR) is 120 cm³/mol. The summed E-state index contributed by atoms with van der Waals surface area (Å²) in [5.41, 5.74) is 4.52. The van der Waals surface area contributed by atoms with Crippen molar-refractivity contribution in [1.82, 2.24) is 24.5 Å². The molecule has 1 N–H and O–H groups in total. The summed E-state index contributed by atoms with van der Waals surface area (Å²) < 4.78 is 2.60. The van der Waals surface area contributed by atoms with Crippen LogP contribution in [-0.2, 0) is 17.9 Å². The van der Waals surface area contributed by atoms with Gasteiger partial charge in [-0.05, 0) is 38.0 Å². The van der Waals surface area contributed by atoms with Gasteiger partial charge in [-0.15, -0.1) is 5.10 Å². The van der Waals surface area contributed by atoms with E-state index in [2.05, 4.69) is 21.5 Å². The van der Waals surface area contributed by atoms with Gasteiger partial charge in [0.15, 0.2) is 5.65 Å². The molecule has 8 heteroatoms. The number of fused-ring (bicyclic) bond motifs is 1. The van der Waals surface area contributed by atoms with Crippen LogP contribution in [0, 0.1) is 20.8 Å². The molecule has 7 nitrogen and oxygen atoms in total. The van der Waals surface area contributed by atoms with Gasteiger partial charge in [0, 0.05) is 23.8 Å². The van der Waals surface area contributed by atoms with Crippen LogP contribution in [0.25, 0.3) is 5.65 Å². The van der Waals surface area contributed by atoms with Crippen molar-refractivity contribution in [2.45, 2.75) is 43.8 Å². The second kappa shape index (κ2) is 8.77. The summed E-state index contributed by atoms with van der Waals surface area (Å²) in [4.78, 5) is 30.6. The number of nitrogens with one attached hydrogen (secondary N) is 1. The van der Waals surface area contributed by atoms with E-state index in [1.807, 2.05) is 57.2 Å². The molecule has 158 valence electrons. The lowest BCUT2D eigenvalue weighted by Crippen LogP contribution is -2.32. The van der Waals surface area contributed by atoms with Gasteiger partial charge in [0.1, 0.15) is 11.6 Å². The molecule has 0 spiro atoms. The van der Waals surface area contributed by atoms with Crippen molar-refractivity contribution in [2.75, 3.05) is 0 Å². The molecule has 2 aromatic carbocycles. The molecule has 0 radical (unpaired) electrons. The van der Waals surface area contributed by atoms with Crippen LogP contribution in [0.5, 0.6) is 0 Å². The normalized spacial score (nSPS) is 11.1. The first kappa shape index (κ1) is 20.9. The number of benzene rings is 2. The summed E-state index contributed by atoms with van der Waals surface area (Å²) in [5, 5.41) is 7.85. The highest BCUT2D eigenvalue weighted by molar-refractivity contribution is 7.99. The number of hydrogen-bond donors (Lipinski definition) is 1. The van der Waals surface area contributed by atoms with Gasteiger partial charge in [-0.2, -0.15) is 0 Å². The lowest BCUT2D eigenvalue weighted by atomic mass is 10.1. The first-order valence-electron chi connectivity index (χ1n) is 9.92. The summed E-state index contributed by atoms with van der Waals surface area (Å²) in [7, 11) is 0. The summed E-state index contributed by atoms with van der Waals surface area (Å²) in [6, 6.07) is 14.1. The topological polar surface area (TPSA) is 81.3 Å². The largest absolute Gasteiger partial charge is 0.350 e. The van der Waals surface area contributed by atoms with Crippen molar-refractivity contribution in [3.63, 3.8) is 0 Å². The van der Waals surface area contributed by atoms with E-state index in [0.717, 1.165) is 21.6 Å². The molecule has 4 aromatic rings. The molecule has 0 unspecified atom stereocenters. The summed E-state index contributed by atoms with van der Waals surface area (Å²) in [6.07, 6.45) is 3.14. The number of hydrogen-bond acceptors (Lipinski definition) is 5. The molecule has 0 aliphatic carbocycles. The lowest BCUT2D eigenvalue weighted by molar-refractivity contribution is -0.122. The highest BCUT2D eigenvalue weighted by Crippen LogP contribution is 2.30. The molecule has 0 atom stereocenters. The van der Waals surface area contributed by atoms with Gasteiger partial charge in [-0.3, -0.25) is 4.79 Å². The molecule has 0 aliphatic heterocycles. The Morgan fingerprint density at radius 3 is 2.68 bits per heavy atom. The van der Waals surface area contributed by atoms with Crippen LogP contribution < -0.4 is 11.0 Å². The number of carbonyl (C=O) groups excluding carboxylic acids is 1. The second-order valence-corrected chi connectivity index (χ2v) is 8.53. The van der Waals surface area contributed by atoms with Crippen molar-refractivity contribution in [2.24, 2.45) is 0 Å². The van der Waals surface area contributed by atoms with Crippen molar-refractivity contribution < 1.29 is 4.79 Å². The third-order valence-corrected chi connectivity index (χ3v) is 6.03. The van der Waals surface area contributed by atoms with Crippen molar-refractivity contribution >= 4 is 23.3 Å². The number of aryl methyl sites for hydroxylation is 3. The zero-order chi connectivity index (χ0) is 22.0. The maximum Gasteiger partial charge on any atom is 0.350 e. The van der Waals surface area contributed by atoms with Gasteiger partial charge in [0.05, 0.1) is 0 Å². The Balaban J connectivity index is 1.54. The van der Waals surface area contributed by atoms with E-state index < -0.39 is 0 Å². The van der Waals surface area contributed by atoms with Crippen LogP contribution in [0.2, 0.25) is 0 Å². The second-order valence-electron chi connectivity index (χ2n) is 7.50. The molecule has 2 heterocycles. The minimum absolute atomic E-state index is 0.153. The van der Waals surface area contributed by atoms with Gasteiger partial charge in [0.25, 0.3) is 0 Å². The fourth-order valence-electron chi connectivity index (χ4n) is 3.33. The minimum Gasteiger partial charge on any atom is -0.350 e. The molecule has 0 saturated heterocycles. The molecule has 4 rings (SSSR count). The number of aromatic nitrogens is 4. The van der Waals surface area contributed by atoms with E-state index in [4.69, 9.17) is 0 Å². The van der Waals surface area contributed by atoms with E-state index in [1.165, 1.54) is 26.4 Å². The van der Waals surface area contributed by atoms with Crippen LogP contribution in [0.3, 0.4) is 0 Å². The van der Waals surface area contributed by atoms with Gasteiger partial charge in [0.2, 0.25) is 5.91 Å². The Morgan fingerprint density at radius 1 is 1.10 bits per heavy atom. The zero-order valence-corrected chi connectivity index (χ0v) is 18.4. The molecule has 1 amide bonds. The molecule has 0 aliphatic rings. The minimum atomic E-state index is -0.370. The smallest absolute Gasteiger partial charge is 0.350 e. The number of amides is 1. The Bertz CT molecular complexity index is 1330. The molecule has 2 aromatic heterocycles. The molecular formula is C23H23N5O2S. The summed E-state index contributed by atoms with van der Waals surface area (Å²) in [6.45, 7) is 6.34. The average Bonchev–Trinajstić information content (AvgIpc) is 3.05. The monoisotopic (exact) mass is 433 g/mol. The van der Waals surface area contributed by atoms with Gasteiger partial charge in [-0.1, -0.05) is 59.3 Å². The van der Waals surface area contributed by atoms with E-state index in [-0.39, 0.29) is 18.1 Å². The molecule has 31 heavy (non-hydrogen) atoms. The molecule has 0 bridgehead atoms.